The molecule has 3 aliphatic rings. The van der Waals surface area contributed by atoms with E-state index < -0.39 is 0 Å². The van der Waals surface area contributed by atoms with E-state index in [9.17, 15) is 9.82 Å². The molecular formula is C20H29BN2O2. The third-order valence-corrected chi connectivity index (χ3v) is 6.75. The highest BCUT2D eigenvalue weighted by atomic mass is 16.2. The van der Waals surface area contributed by atoms with Crippen LogP contribution in [-0.4, -0.2) is 53.9 Å². The van der Waals surface area contributed by atoms with Crippen LogP contribution in [0.1, 0.15) is 55.6 Å². The van der Waals surface area contributed by atoms with Crippen molar-refractivity contribution < 1.29 is 9.82 Å². The first kappa shape index (κ1) is 17.1. The fourth-order valence-electron chi connectivity index (χ4n) is 5.25. The van der Waals surface area contributed by atoms with Gasteiger partial charge in [-0.05, 0) is 75.0 Å². The van der Waals surface area contributed by atoms with Gasteiger partial charge in [-0.2, -0.15) is 0 Å². The van der Waals surface area contributed by atoms with Gasteiger partial charge in [0.1, 0.15) is 0 Å². The van der Waals surface area contributed by atoms with Crippen LogP contribution in [0, 0.1) is 0 Å². The van der Waals surface area contributed by atoms with E-state index in [0.717, 1.165) is 58.3 Å². The molecule has 2 fully saturated rings. The maximum Gasteiger partial charge on any atom is 0.376 e. The van der Waals surface area contributed by atoms with Crippen LogP contribution in [0.5, 0.6) is 0 Å². The number of amides is 1. The number of hydrogen-bond donors (Lipinski definition) is 1. The molecule has 2 saturated heterocycles. The molecule has 0 bridgehead atoms. The number of fused-ring (bicyclic) bond motifs is 2. The summed E-state index contributed by atoms with van der Waals surface area (Å²) in [7, 11) is -0.375. The number of nitrogens with zero attached hydrogens (tertiary/aromatic N) is 2. The third kappa shape index (κ3) is 3.02. The number of benzene rings is 1. The fourth-order valence-corrected chi connectivity index (χ4v) is 5.25. The second-order valence-corrected chi connectivity index (χ2v) is 8.18. The van der Waals surface area contributed by atoms with Crippen molar-refractivity contribution in [2.45, 2.75) is 56.7 Å². The average Bonchev–Trinajstić information content (AvgIpc) is 2.97. The Hall–Kier alpha value is -1.33. The molecule has 1 N–H and O–H groups in total. The lowest BCUT2D eigenvalue weighted by molar-refractivity contribution is -0.134. The van der Waals surface area contributed by atoms with E-state index in [1.165, 1.54) is 17.5 Å². The van der Waals surface area contributed by atoms with E-state index in [4.69, 9.17) is 0 Å². The first-order valence-electron chi connectivity index (χ1n) is 9.91. The normalized spacial score (nSPS) is 25.8. The van der Waals surface area contributed by atoms with Gasteiger partial charge >= 0.3 is 7.05 Å². The molecule has 5 heteroatoms. The van der Waals surface area contributed by atoms with Crippen LogP contribution in [0.2, 0.25) is 6.82 Å². The Morgan fingerprint density at radius 1 is 1.12 bits per heavy atom. The van der Waals surface area contributed by atoms with Gasteiger partial charge in [-0.25, -0.2) is 0 Å². The second-order valence-electron chi connectivity index (χ2n) is 8.18. The Morgan fingerprint density at radius 3 is 2.48 bits per heavy atom. The van der Waals surface area contributed by atoms with Crippen molar-refractivity contribution >= 4 is 13.0 Å². The summed E-state index contributed by atoms with van der Waals surface area (Å²) in [5.74, 6) is 0.384. The molecule has 2 aliphatic heterocycles. The molecule has 0 aromatic heterocycles. The minimum absolute atomic E-state index is 0.0346. The summed E-state index contributed by atoms with van der Waals surface area (Å²) >= 11 is 0. The zero-order valence-corrected chi connectivity index (χ0v) is 15.3. The zero-order valence-electron chi connectivity index (χ0n) is 15.3. The van der Waals surface area contributed by atoms with Gasteiger partial charge in [-0.15, -0.1) is 0 Å². The van der Waals surface area contributed by atoms with Crippen LogP contribution in [0.25, 0.3) is 0 Å². The number of likely N-dealkylation sites (tertiary alicyclic amines) is 1. The van der Waals surface area contributed by atoms with E-state index in [1.54, 1.807) is 0 Å². The summed E-state index contributed by atoms with van der Waals surface area (Å²) in [6.07, 6.45) is 6.58. The largest absolute Gasteiger partial charge is 0.437 e. The molecule has 2 heterocycles. The molecule has 1 aliphatic carbocycles. The quantitative estimate of drug-likeness (QED) is 0.842. The molecule has 25 heavy (non-hydrogen) atoms. The third-order valence-electron chi connectivity index (χ3n) is 6.75. The number of hydrogen-bond acceptors (Lipinski definition) is 3. The van der Waals surface area contributed by atoms with Crippen molar-refractivity contribution in [3.63, 3.8) is 0 Å². The summed E-state index contributed by atoms with van der Waals surface area (Å²) in [6.45, 7) is 5.54. The first-order valence-corrected chi connectivity index (χ1v) is 9.91. The summed E-state index contributed by atoms with van der Waals surface area (Å²) in [4.78, 5) is 17.5. The summed E-state index contributed by atoms with van der Waals surface area (Å²) in [5, 5.41) is 9.88. The minimum atomic E-state index is -0.375. The highest BCUT2D eigenvalue weighted by Crippen LogP contribution is 2.52. The van der Waals surface area contributed by atoms with Gasteiger partial charge in [0.05, 0.1) is 5.92 Å². The Bertz CT molecular complexity index is 634. The van der Waals surface area contributed by atoms with Gasteiger partial charge in [-0.3, -0.25) is 4.79 Å². The van der Waals surface area contributed by atoms with Crippen LogP contribution in [0.4, 0.5) is 0 Å². The van der Waals surface area contributed by atoms with Crippen LogP contribution in [0.3, 0.4) is 0 Å². The second kappa shape index (κ2) is 6.77. The van der Waals surface area contributed by atoms with Gasteiger partial charge in [0, 0.05) is 13.1 Å². The van der Waals surface area contributed by atoms with Crippen molar-refractivity contribution in [1.82, 2.24) is 9.71 Å². The predicted octanol–water partition coefficient (Wildman–Crippen LogP) is 2.63. The van der Waals surface area contributed by atoms with E-state index in [-0.39, 0.29) is 18.4 Å². The maximum atomic E-state index is 13.2. The van der Waals surface area contributed by atoms with E-state index in [2.05, 4.69) is 34.0 Å². The SMILES string of the molecule is CB(O)N1CCC2(CC1)CC(C(=O)N1CCCCC1)c1ccccc12. The molecule has 1 aromatic carbocycles. The topological polar surface area (TPSA) is 43.8 Å². The van der Waals surface area contributed by atoms with E-state index >= 15 is 0 Å². The van der Waals surface area contributed by atoms with Gasteiger partial charge in [0.2, 0.25) is 5.91 Å². The lowest BCUT2D eigenvalue weighted by Crippen LogP contribution is -2.47. The number of rotatable bonds is 2. The number of carbonyl (C=O) groups is 1. The predicted molar refractivity (Wildman–Crippen MR) is 101 cm³/mol. The Labute approximate surface area is 151 Å². The van der Waals surface area contributed by atoms with Crippen molar-refractivity contribution in [1.29, 1.82) is 0 Å². The molecule has 1 spiro atoms. The van der Waals surface area contributed by atoms with Crippen molar-refractivity contribution in [3.8, 4) is 0 Å². The first-order chi connectivity index (χ1) is 12.1. The van der Waals surface area contributed by atoms with Crippen LogP contribution < -0.4 is 0 Å². The van der Waals surface area contributed by atoms with Gasteiger partial charge in [-0.1, -0.05) is 24.3 Å². The van der Waals surface area contributed by atoms with Crippen LogP contribution in [0.15, 0.2) is 24.3 Å². The molecule has 134 valence electrons. The molecule has 1 amide bonds. The summed E-state index contributed by atoms with van der Waals surface area (Å²) < 4.78 is 0. The summed E-state index contributed by atoms with van der Waals surface area (Å²) in [6, 6.07) is 8.63. The van der Waals surface area contributed by atoms with Gasteiger partial charge in [0.15, 0.2) is 0 Å². The smallest absolute Gasteiger partial charge is 0.376 e. The molecule has 1 unspecified atom stereocenters. The Balaban J connectivity index is 1.59. The highest BCUT2D eigenvalue weighted by molar-refractivity contribution is 6.45. The van der Waals surface area contributed by atoms with Crippen LogP contribution >= 0.6 is 0 Å². The van der Waals surface area contributed by atoms with Crippen molar-refractivity contribution in [3.05, 3.63) is 35.4 Å². The lowest BCUT2D eigenvalue weighted by atomic mass is 9.70. The Kier molecular flexibility index (Phi) is 4.63. The average molecular weight is 340 g/mol. The zero-order chi connectivity index (χ0) is 17.4. The van der Waals surface area contributed by atoms with Crippen molar-refractivity contribution in [2.75, 3.05) is 26.2 Å². The summed E-state index contributed by atoms with van der Waals surface area (Å²) in [5.41, 5.74) is 2.79. The van der Waals surface area contributed by atoms with Crippen molar-refractivity contribution in [2.24, 2.45) is 0 Å². The maximum absolute atomic E-state index is 13.2. The van der Waals surface area contributed by atoms with Crippen LogP contribution in [-0.2, 0) is 10.2 Å². The monoisotopic (exact) mass is 340 g/mol. The number of carbonyl (C=O) groups excluding carboxylic acids is 1. The van der Waals surface area contributed by atoms with Gasteiger partial charge < -0.3 is 14.7 Å². The van der Waals surface area contributed by atoms with E-state index in [0.29, 0.717) is 5.91 Å². The minimum Gasteiger partial charge on any atom is -0.437 e. The molecule has 1 atom stereocenters. The molecule has 4 rings (SSSR count). The molecule has 1 aromatic rings. The lowest BCUT2D eigenvalue weighted by Gasteiger charge is -2.41. The highest BCUT2D eigenvalue weighted by Gasteiger charge is 2.48. The number of piperidine rings is 2. The molecular weight excluding hydrogens is 311 g/mol. The molecule has 0 radical (unpaired) electrons. The fraction of sp³-hybridized carbons (Fsp3) is 0.650. The standard InChI is InChI=1S/C20H29BN2O2/c1-21(25)23-13-9-20(10-14-23)15-17(16-7-3-4-8-18(16)20)19(24)22-11-5-2-6-12-22/h3-4,7-8,17,25H,2,5-6,9-15H2,1H3. The van der Waals surface area contributed by atoms with Gasteiger partial charge in [0.25, 0.3) is 0 Å². The Morgan fingerprint density at radius 2 is 1.80 bits per heavy atom. The van der Waals surface area contributed by atoms with E-state index in [1.807, 2.05) is 6.82 Å². The molecule has 4 nitrogen and oxygen atoms in total. The molecule has 0 saturated carbocycles.